The van der Waals surface area contributed by atoms with E-state index >= 15 is 0 Å². The minimum atomic E-state index is -3.87. The van der Waals surface area contributed by atoms with Gasteiger partial charge in [-0.05, 0) is 57.6 Å². The van der Waals surface area contributed by atoms with Gasteiger partial charge in [0.25, 0.3) is 0 Å². The standard InChI is InChI=1S/C22H38N4O4S/c1-17-9-11-20(12-10-17)31(28,29)30-25-24-14-13-22(4,5)16-23-21(27)15-26-18(2)7-6-8-19(26)3/h9-12,18-19,24-25H,6-8,13-16H2,1-5H3,(H,23,27). The molecule has 9 heteroatoms. The Morgan fingerprint density at radius 1 is 1.16 bits per heavy atom. The van der Waals surface area contributed by atoms with E-state index in [0.29, 0.717) is 38.1 Å². The Kier molecular flexibility index (Phi) is 9.45. The van der Waals surface area contributed by atoms with Gasteiger partial charge in [0.05, 0.1) is 11.4 Å². The normalized spacial score (nSPS) is 20.5. The molecule has 2 unspecified atom stereocenters. The van der Waals surface area contributed by atoms with Crippen molar-refractivity contribution in [2.75, 3.05) is 19.6 Å². The van der Waals surface area contributed by atoms with Gasteiger partial charge < -0.3 is 5.32 Å². The maximum Gasteiger partial charge on any atom is 0.314 e. The molecular formula is C22H38N4O4S. The molecule has 1 amide bonds. The Bertz CT molecular complexity index is 801. The van der Waals surface area contributed by atoms with Crippen molar-refractivity contribution in [2.24, 2.45) is 5.41 Å². The Morgan fingerprint density at radius 3 is 2.39 bits per heavy atom. The number of amides is 1. The van der Waals surface area contributed by atoms with Gasteiger partial charge in [-0.2, -0.15) is 12.7 Å². The second kappa shape index (κ2) is 11.4. The zero-order valence-electron chi connectivity index (χ0n) is 19.4. The minimum Gasteiger partial charge on any atom is -0.354 e. The summed E-state index contributed by atoms with van der Waals surface area (Å²) in [7, 11) is -3.87. The average molecular weight is 455 g/mol. The van der Waals surface area contributed by atoms with E-state index < -0.39 is 10.1 Å². The predicted molar refractivity (Wildman–Crippen MR) is 121 cm³/mol. The van der Waals surface area contributed by atoms with E-state index in [0.717, 1.165) is 18.4 Å². The highest BCUT2D eigenvalue weighted by Gasteiger charge is 2.27. The van der Waals surface area contributed by atoms with E-state index in [4.69, 9.17) is 4.28 Å². The van der Waals surface area contributed by atoms with Gasteiger partial charge in [0.15, 0.2) is 0 Å². The molecule has 0 saturated carbocycles. The number of hydrogen-bond donors (Lipinski definition) is 3. The lowest BCUT2D eigenvalue weighted by Crippen LogP contribution is -2.49. The molecule has 1 aliphatic heterocycles. The van der Waals surface area contributed by atoms with Crippen molar-refractivity contribution in [3.05, 3.63) is 29.8 Å². The van der Waals surface area contributed by atoms with Crippen molar-refractivity contribution < 1.29 is 17.5 Å². The molecule has 0 spiro atoms. The Hall–Kier alpha value is -1.52. The average Bonchev–Trinajstić information content (AvgIpc) is 2.69. The van der Waals surface area contributed by atoms with Gasteiger partial charge in [0, 0.05) is 25.2 Å². The van der Waals surface area contributed by atoms with Crippen LogP contribution in [-0.4, -0.2) is 50.9 Å². The molecule has 1 heterocycles. The smallest absolute Gasteiger partial charge is 0.314 e. The molecule has 0 radical (unpaired) electrons. The van der Waals surface area contributed by atoms with Crippen LogP contribution in [-0.2, 0) is 19.2 Å². The second-order valence-electron chi connectivity index (χ2n) is 9.37. The van der Waals surface area contributed by atoms with Crippen molar-refractivity contribution in [3.8, 4) is 0 Å². The minimum absolute atomic E-state index is 0.0484. The fourth-order valence-electron chi connectivity index (χ4n) is 3.72. The highest BCUT2D eigenvalue weighted by Crippen LogP contribution is 2.22. The molecule has 1 aromatic carbocycles. The molecule has 2 atom stereocenters. The monoisotopic (exact) mass is 454 g/mol. The zero-order valence-corrected chi connectivity index (χ0v) is 20.2. The van der Waals surface area contributed by atoms with Gasteiger partial charge in [0.2, 0.25) is 5.91 Å². The fraction of sp³-hybridized carbons (Fsp3) is 0.682. The quantitative estimate of drug-likeness (QED) is 0.349. The SMILES string of the molecule is Cc1ccc(S(=O)(=O)ONNCCC(C)(C)CNC(=O)CN2C(C)CCCC2C)cc1. The van der Waals surface area contributed by atoms with E-state index in [9.17, 15) is 13.2 Å². The van der Waals surface area contributed by atoms with Gasteiger partial charge >= 0.3 is 10.1 Å². The summed E-state index contributed by atoms with van der Waals surface area (Å²) in [6, 6.07) is 7.32. The lowest BCUT2D eigenvalue weighted by molar-refractivity contribution is -0.124. The van der Waals surface area contributed by atoms with Crippen LogP contribution in [0.1, 0.15) is 58.9 Å². The number of carbonyl (C=O) groups is 1. The van der Waals surface area contributed by atoms with Crippen LogP contribution in [0.25, 0.3) is 0 Å². The lowest BCUT2D eigenvalue weighted by atomic mass is 9.89. The summed E-state index contributed by atoms with van der Waals surface area (Å²) in [6.07, 6.45) is 4.22. The molecule has 1 saturated heterocycles. The first kappa shape index (κ1) is 25.7. The van der Waals surface area contributed by atoms with Gasteiger partial charge in [-0.1, -0.05) is 38.0 Å². The van der Waals surface area contributed by atoms with Crippen LogP contribution in [0.15, 0.2) is 29.2 Å². The first-order chi connectivity index (χ1) is 14.5. The number of rotatable bonds is 11. The topological polar surface area (TPSA) is 99.8 Å². The van der Waals surface area contributed by atoms with Crippen LogP contribution in [0.2, 0.25) is 0 Å². The van der Waals surface area contributed by atoms with Crippen LogP contribution >= 0.6 is 0 Å². The number of hydrazine groups is 1. The number of likely N-dealkylation sites (tertiary alicyclic amines) is 1. The number of piperidine rings is 1. The number of aryl methyl sites for hydroxylation is 1. The third-order valence-corrected chi connectivity index (χ3v) is 7.08. The van der Waals surface area contributed by atoms with E-state index in [1.165, 1.54) is 18.6 Å². The number of nitrogens with zero attached hydrogens (tertiary/aromatic N) is 1. The fourth-order valence-corrected chi connectivity index (χ4v) is 4.46. The van der Waals surface area contributed by atoms with Crippen LogP contribution in [0.4, 0.5) is 0 Å². The number of hydrogen-bond acceptors (Lipinski definition) is 7. The molecule has 1 fully saturated rings. The van der Waals surface area contributed by atoms with E-state index in [-0.39, 0.29) is 16.2 Å². The van der Waals surface area contributed by atoms with Gasteiger partial charge in [0.1, 0.15) is 0 Å². The van der Waals surface area contributed by atoms with Gasteiger partial charge in [-0.3, -0.25) is 9.69 Å². The molecule has 3 N–H and O–H groups in total. The number of benzene rings is 1. The summed E-state index contributed by atoms with van der Waals surface area (Å²) in [6.45, 7) is 11.8. The van der Waals surface area contributed by atoms with Crippen LogP contribution in [0.5, 0.6) is 0 Å². The first-order valence-electron chi connectivity index (χ1n) is 11.0. The van der Waals surface area contributed by atoms with Crippen LogP contribution in [0.3, 0.4) is 0 Å². The molecule has 1 aromatic rings. The molecular weight excluding hydrogens is 416 g/mol. The van der Waals surface area contributed by atoms with Crippen molar-refractivity contribution in [3.63, 3.8) is 0 Å². The van der Waals surface area contributed by atoms with Gasteiger partial charge in [-0.15, -0.1) is 5.59 Å². The Balaban J connectivity index is 1.67. The van der Waals surface area contributed by atoms with Crippen LogP contribution < -0.4 is 16.3 Å². The Labute approximate surface area is 187 Å². The van der Waals surface area contributed by atoms with E-state index in [1.807, 2.05) is 6.92 Å². The number of nitrogens with one attached hydrogen (secondary N) is 3. The Morgan fingerprint density at radius 2 is 1.77 bits per heavy atom. The largest absolute Gasteiger partial charge is 0.354 e. The molecule has 176 valence electrons. The highest BCUT2D eigenvalue weighted by molar-refractivity contribution is 7.86. The van der Waals surface area contributed by atoms with Crippen molar-refractivity contribution in [2.45, 2.75) is 77.3 Å². The summed E-state index contributed by atoms with van der Waals surface area (Å²) in [5.41, 5.74) is 5.90. The molecule has 2 rings (SSSR count). The predicted octanol–water partition coefficient (Wildman–Crippen LogP) is 2.50. The summed E-state index contributed by atoms with van der Waals surface area (Å²) < 4.78 is 29.0. The third-order valence-electron chi connectivity index (χ3n) is 5.93. The highest BCUT2D eigenvalue weighted by atomic mass is 32.2. The second-order valence-corrected chi connectivity index (χ2v) is 10.9. The molecule has 0 bridgehead atoms. The van der Waals surface area contributed by atoms with Crippen molar-refractivity contribution in [1.82, 2.24) is 21.2 Å². The maximum atomic E-state index is 12.4. The van der Waals surface area contributed by atoms with E-state index in [2.05, 4.69) is 48.9 Å². The molecule has 8 nitrogen and oxygen atoms in total. The number of carbonyl (C=O) groups excluding carboxylic acids is 1. The van der Waals surface area contributed by atoms with Gasteiger partial charge in [-0.25, -0.2) is 5.43 Å². The van der Waals surface area contributed by atoms with Crippen molar-refractivity contribution >= 4 is 16.0 Å². The van der Waals surface area contributed by atoms with Crippen LogP contribution in [0, 0.1) is 12.3 Å². The zero-order chi connectivity index (χ0) is 23.1. The lowest BCUT2D eigenvalue weighted by Gasteiger charge is -2.38. The summed E-state index contributed by atoms with van der Waals surface area (Å²) in [4.78, 5) is 14.8. The summed E-state index contributed by atoms with van der Waals surface area (Å²) in [5, 5.41) is 3.05. The molecule has 31 heavy (non-hydrogen) atoms. The third kappa shape index (κ3) is 8.50. The summed E-state index contributed by atoms with van der Waals surface area (Å²) in [5.74, 6) is 0.0484. The van der Waals surface area contributed by atoms with Crippen molar-refractivity contribution in [1.29, 1.82) is 0 Å². The molecule has 1 aliphatic rings. The van der Waals surface area contributed by atoms with E-state index in [1.54, 1.807) is 12.1 Å². The molecule has 0 aliphatic carbocycles. The molecule has 0 aromatic heterocycles. The first-order valence-corrected chi connectivity index (χ1v) is 12.4. The summed E-state index contributed by atoms with van der Waals surface area (Å²) >= 11 is 0. The maximum absolute atomic E-state index is 12.4.